The van der Waals surface area contributed by atoms with Crippen molar-refractivity contribution in [3.63, 3.8) is 0 Å². The summed E-state index contributed by atoms with van der Waals surface area (Å²) in [5.41, 5.74) is 0.913. The number of carboxylic acid groups (broad SMARTS) is 2. The number of aliphatic carboxylic acids is 1. The van der Waals surface area contributed by atoms with Gasteiger partial charge in [-0.15, -0.1) is 0 Å². The SMILES string of the molecule is Cc1ccc(S(=O)(=O)N[C@@H](Cc2ccccc2)C(=O)O)cc1C(=O)O. The van der Waals surface area contributed by atoms with Gasteiger partial charge >= 0.3 is 11.9 Å². The van der Waals surface area contributed by atoms with Crippen molar-refractivity contribution in [2.75, 3.05) is 0 Å². The Kier molecular flexibility index (Phi) is 5.55. The van der Waals surface area contributed by atoms with Crippen LogP contribution in [-0.4, -0.2) is 36.6 Å². The lowest BCUT2D eigenvalue weighted by Gasteiger charge is -2.15. The Balaban J connectivity index is 2.30. The highest BCUT2D eigenvalue weighted by atomic mass is 32.2. The zero-order chi connectivity index (χ0) is 18.6. The molecule has 7 nitrogen and oxygen atoms in total. The van der Waals surface area contributed by atoms with Gasteiger partial charge in [-0.25, -0.2) is 13.2 Å². The summed E-state index contributed by atoms with van der Waals surface area (Å²) in [5, 5.41) is 18.4. The third-order valence-electron chi connectivity index (χ3n) is 3.63. The summed E-state index contributed by atoms with van der Waals surface area (Å²) >= 11 is 0. The first-order chi connectivity index (χ1) is 11.7. The first kappa shape index (κ1) is 18.6. The van der Waals surface area contributed by atoms with Gasteiger partial charge in [0.25, 0.3) is 0 Å². The van der Waals surface area contributed by atoms with Crippen molar-refractivity contribution in [1.82, 2.24) is 4.72 Å². The molecule has 0 aromatic heterocycles. The number of aryl methyl sites for hydroxylation is 1. The number of carbonyl (C=O) groups is 2. The van der Waals surface area contributed by atoms with Gasteiger partial charge in [0.05, 0.1) is 10.5 Å². The van der Waals surface area contributed by atoms with Crippen LogP contribution in [0.3, 0.4) is 0 Å². The van der Waals surface area contributed by atoms with E-state index in [1.165, 1.54) is 12.1 Å². The van der Waals surface area contributed by atoms with Crippen LogP contribution >= 0.6 is 0 Å². The molecule has 0 radical (unpaired) electrons. The van der Waals surface area contributed by atoms with E-state index in [0.29, 0.717) is 11.1 Å². The number of rotatable bonds is 7. The molecule has 0 heterocycles. The normalized spacial score (nSPS) is 12.5. The monoisotopic (exact) mass is 363 g/mol. The molecule has 0 aliphatic heterocycles. The summed E-state index contributed by atoms with van der Waals surface area (Å²) < 4.78 is 27.0. The fraction of sp³-hybridized carbons (Fsp3) is 0.176. The summed E-state index contributed by atoms with van der Waals surface area (Å²) in [6, 6.07) is 10.9. The van der Waals surface area contributed by atoms with Crippen molar-refractivity contribution in [2.24, 2.45) is 0 Å². The molecule has 0 amide bonds. The van der Waals surface area contributed by atoms with Crippen molar-refractivity contribution in [3.8, 4) is 0 Å². The summed E-state index contributed by atoms with van der Waals surface area (Å²) in [6.07, 6.45) is -0.0347. The smallest absolute Gasteiger partial charge is 0.335 e. The molecule has 0 aliphatic carbocycles. The highest BCUT2D eigenvalue weighted by Gasteiger charge is 2.26. The van der Waals surface area contributed by atoms with E-state index in [0.717, 1.165) is 6.07 Å². The Bertz CT molecular complexity index is 893. The van der Waals surface area contributed by atoms with Gasteiger partial charge < -0.3 is 10.2 Å². The van der Waals surface area contributed by atoms with Crippen LogP contribution in [0.15, 0.2) is 53.4 Å². The summed E-state index contributed by atoms with van der Waals surface area (Å²) in [5.74, 6) is -2.58. The van der Waals surface area contributed by atoms with Gasteiger partial charge in [0.1, 0.15) is 6.04 Å². The highest BCUT2D eigenvalue weighted by Crippen LogP contribution is 2.17. The molecule has 25 heavy (non-hydrogen) atoms. The van der Waals surface area contributed by atoms with Crippen LogP contribution in [0.1, 0.15) is 21.5 Å². The third kappa shape index (κ3) is 4.65. The molecule has 0 spiro atoms. The number of aromatic carboxylic acids is 1. The fourth-order valence-electron chi connectivity index (χ4n) is 2.28. The van der Waals surface area contributed by atoms with Crippen molar-refractivity contribution in [2.45, 2.75) is 24.3 Å². The lowest BCUT2D eigenvalue weighted by atomic mass is 10.1. The van der Waals surface area contributed by atoms with Gasteiger partial charge in [-0.2, -0.15) is 4.72 Å². The molecular weight excluding hydrogens is 346 g/mol. The molecule has 132 valence electrons. The number of hydrogen-bond acceptors (Lipinski definition) is 4. The zero-order valence-electron chi connectivity index (χ0n) is 13.3. The Labute approximate surface area is 145 Å². The van der Waals surface area contributed by atoms with Gasteiger partial charge in [0.2, 0.25) is 10.0 Å². The number of carboxylic acids is 2. The Morgan fingerprint density at radius 2 is 1.72 bits per heavy atom. The highest BCUT2D eigenvalue weighted by molar-refractivity contribution is 7.89. The van der Waals surface area contributed by atoms with E-state index >= 15 is 0 Å². The van der Waals surface area contributed by atoms with Crippen LogP contribution in [0.5, 0.6) is 0 Å². The van der Waals surface area contributed by atoms with Crippen molar-refractivity contribution < 1.29 is 28.2 Å². The minimum absolute atomic E-state index is 0.0347. The van der Waals surface area contributed by atoms with E-state index in [9.17, 15) is 23.1 Å². The first-order valence-electron chi connectivity index (χ1n) is 7.33. The van der Waals surface area contributed by atoms with E-state index in [1.807, 2.05) is 0 Å². The predicted octanol–water partition coefficient (Wildman–Crippen LogP) is 1.67. The molecule has 0 aliphatic rings. The van der Waals surface area contributed by atoms with Crippen LogP contribution in [0.4, 0.5) is 0 Å². The van der Waals surface area contributed by atoms with Crippen LogP contribution < -0.4 is 4.72 Å². The van der Waals surface area contributed by atoms with E-state index in [4.69, 9.17) is 5.11 Å². The molecule has 2 aromatic rings. The molecular formula is C17H17NO6S. The molecule has 0 bridgehead atoms. The van der Waals surface area contributed by atoms with Gasteiger partial charge in [-0.1, -0.05) is 36.4 Å². The molecule has 2 rings (SSSR count). The fourth-order valence-corrected chi connectivity index (χ4v) is 3.50. The molecule has 0 saturated heterocycles. The standard InChI is InChI=1S/C17H17NO6S/c1-11-7-8-13(10-14(11)16(19)20)25(23,24)18-15(17(21)22)9-12-5-3-2-4-6-12/h2-8,10,15,18H,9H2,1H3,(H,19,20)(H,21,22)/t15-/m0/s1. The van der Waals surface area contributed by atoms with Gasteiger partial charge in [0, 0.05) is 0 Å². The largest absolute Gasteiger partial charge is 0.480 e. The Hall–Kier alpha value is -2.71. The maximum atomic E-state index is 12.5. The third-order valence-corrected chi connectivity index (χ3v) is 5.10. The molecule has 1 atom stereocenters. The minimum atomic E-state index is -4.19. The van der Waals surface area contributed by atoms with Crippen molar-refractivity contribution >= 4 is 22.0 Å². The van der Waals surface area contributed by atoms with E-state index in [-0.39, 0.29) is 16.9 Å². The maximum absolute atomic E-state index is 12.5. The summed E-state index contributed by atoms with van der Waals surface area (Å²) in [4.78, 5) is 22.3. The molecule has 8 heteroatoms. The van der Waals surface area contributed by atoms with Crippen molar-refractivity contribution in [3.05, 3.63) is 65.2 Å². The van der Waals surface area contributed by atoms with Crippen LogP contribution in [0, 0.1) is 6.92 Å². The van der Waals surface area contributed by atoms with E-state index < -0.39 is 28.0 Å². The van der Waals surface area contributed by atoms with E-state index in [2.05, 4.69) is 4.72 Å². The minimum Gasteiger partial charge on any atom is -0.480 e. The number of hydrogen-bond donors (Lipinski definition) is 3. The second kappa shape index (κ2) is 7.45. The van der Waals surface area contributed by atoms with Crippen LogP contribution in [0.25, 0.3) is 0 Å². The number of sulfonamides is 1. The first-order valence-corrected chi connectivity index (χ1v) is 8.82. The second-order valence-corrected chi connectivity index (χ2v) is 7.20. The Morgan fingerprint density at radius 3 is 2.28 bits per heavy atom. The molecule has 0 fully saturated rings. The van der Waals surface area contributed by atoms with Crippen molar-refractivity contribution in [1.29, 1.82) is 0 Å². The lowest BCUT2D eigenvalue weighted by molar-refractivity contribution is -0.138. The molecule has 0 unspecified atom stereocenters. The molecule has 3 N–H and O–H groups in total. The van der Waals surface area contributed by atoms with Crippen LogP contribution in [0.2, 0.25) is 0 Å². The van der Waals surface area contributed by atoms with Gasteiger partial charge in [0.15, 0.2) is 0 Å². The average molecular weight is 363 g/mol. The summed E-state index contributed by atoms with van der Waals surface area (Å²) in [7, 11) is -4.19. The maximum Gasteiger partial charge on any atom is 0.335 e. The predicted molar refractivity (Wildman–Crippen MR) is 90.0 cm³/mol. The number of nitrogens with one attached hydrogen (secondary N) is 1. The number of benzene rings is 2. The topological polar surface area (TPSA) is 121 Å². The molecule has 2 aromatic carbocycles. The second-order valence-electron chi connectivity index (χ2n) is 5.48. The van der Waals surface area contributed by atoms with E-state index in [1.54, 1.807) is 37.3 Å². The average Bonchev–Trinajstić information content (AvgIpc) is 2.54. The van der Waals surface area contributed by atoms with Crippen LogP contribution in [-0.2, 0) is 21.2 Å². The van der Waals surface area contributed by atoms with Gasteiger partial charge in [-0.05, 0) is 36.6 Å². The lowest BCUT2D eigenvalue weighted by Crippen LogP contribution is -2.42. The molecule has 0 saturated carbocycles. The Morgan fingerprint density at radius 1 is 1.08 bits per heavy atom. The zero-order valence-corrected chi connectivity index (χ0v) is 14.2. The quantitative estimate of drug-likeness (QED) is 0.688. The summed E-state index contributed by atoms with van der Waals surface area (Å²) in [6.45, 7) is 1.54. The van der Waals surface area contributed by atoms with Gasteiger partial charge in [-0.3, -0.25) is 4.79 Å².